The molecule has 0 aliphatic rings. The predicted molar refractivity (Wildman–Crippen MR) is 53.0 cm³/mol. The standard InChI is InChI=1S/C10H11F3N2O2/c1-2-17-10(16)8-7(9(12)13)5(4-14)3-6(11)15-8/h3,9H,2,4,14H2,1H3. The first kappa shape index (κ1) is 13.4. The summed E-state index contributed by atoms with van der Waals surface area (Å²) in [6, 6.07) is 0.782. The fourth-order valence-electron chi connectivity index (χ4n) is 1.34. The number of aromatic nitrogens is 1. The summed E-state index contributed by atoms with van der Waals surface area (Å²) in [5.41, 5.74) is 3.67. The number of carbonyl (C=O) groups is 1. The molecule has 0 unspecified atom stereocenters. The van der Waals surface area contributed by atoms with Gasteiger partial charge in [0.05, 0.1) is 12.2 Å². The van der Waals surface area contributed by atoms with E-state index in [2.05, 4.69) is 9.72 Å². The summed E-state index contributed by atoms with van der Waals surface area (Å²) in [5.74, 6) is -2.13. The highest BCUT2D eigenvalue weighted by Gasteiger charge is 2.25. The largest absolute Gasteiger partial charge is 0.461 e. The first-order chi connectivity index (χ1) is 8.01. The highest BCUT2D eigenvalue weighted by Crippen LogP contribution is 2.26. The second kappa shape index (κ2) is 5.62. The number of nitrogens with zero attached hydrogens (tertiary/aromatic N) is 1. The van der Waals surface area contributed by atoms with Gasteiger partial charge in [0, 0.05) is 6.54 Å². The van der Waals surface area contributed by atoms with Crippen molar-refractivity contribution in [2.75, 3.05) is 6.61 Å². The topological polar surface area (TPSA) is 65.2 Å². The van der Waals surface area contributed by atoms with E-state index in [1.54, 1.807) is 0 Å². The molecule has 2 N–H and O–H groups in total. The van der Waals surface area contributed by atoms with Gasteiger partial charge >= 0.3 is 5.97 Å². The van der Waals surface area contributed by atoms with Crippen LogP contribution in [0.1, 0.15) is 35.0 Å². The van der Waals surface area contributed by atoms with Gasteiger partial charge in [-0.15, -0.1) is 0 Å². The van der Waals surface area contributed by atoms with Gasteiger partial charge < -0.3 is 10.5 Å². The Morgan fingerprint density at radius 3 is 2.71 bits per heavy atom. The van der Waals surface area contributed by atoms with Crippen molar-refractivity contribution in [3.05, 3.63) is 28.8 Å². The summed E-state index contributed by atoms with van der Waals surface area (Å²) in [5, 5.41) is 0. The molecule has 1 heterocycles. The van der Waals surface area contributed by atoms with E-state index in [1.807, 2.05) is 0 Å². The molecule has 0 atom stereocenters. The molecular formula is C10H11F3N2O2. The summed E-state index contributed by atoms with van der Waals surface area (Å²) < 4.78 is 43.1. The van der Waals surface area contributed by atoms with Crippen molar-refractivity contribution >= 4 is 5.97 Å². The molecular weight excluding hydrogens is 237 g/mol. The van der Waals surface area contributed by atoms with Gasteiger partial charge in [-0.3, -0.25) is 0 Å². The number of carbonyl (C=O) groups excluding carboxylic acids is 1. The highest BCUT2D eigenvalue weighted by molar-refractivity contribution is 5.89. The Kier molecular flexibility index (Phi) is 4.45. The zero-order chi connectivity index (χ0) is 13.0. The summed E-state index contributed by atoms with van der Waals surface area (Å²) >= 11 is 0. The Balaban J connectivity index is 3.35. The van der Waals surface area contributed by atoms with Crippen molar-refractivity contribution in [1.82, 2.24) is 4.98 Å². The Morgan fingerprint density at radius 2 is 2.24 bits per heavy atom. The molecule has 1 aromatic heterocycles. The van der Waals surface area contributed by atoms with Gasteiger partial charge in [0.15, 0.2) is 5.69 Å². The van der Waals surface area contributed by atoms with Gasteiger partial charge in [-0.2, -0.15) is 4.39 Å². The fraction of sp³-hybridized carbons (Fsp3) is 0.400. The van der Waals surface area contributed by atoms with Crippen molar-refractivity contribution in [3.63, 3.8) is 0 Å². The van der Waals surface area contributed by atoms with Crippen LogP contribution in [0.15, 0.2) is 6.07 Å². The van der Waals surface area contributed by atoms with Crippen LogP contribution in [-0.2, 0) is 11.3 Å². The minimum absolute atomic E-state index is 0.0162. The number of halogens is 3. The first-order valence-electron chi connectivity index (χ1n) is 4.85. The van der Waals surface area contributed by atoms with E-state index in [0.717, 1.165) is 6.07 Å². The lowest BCUT2D eigenvalue weighted by molar-refractivity contribution is 0.0505. The minimum Gasteiger partial charge on any atom is -0.461 e. The number of esters is 1. The van der Waals surface area contributed by atoms with Crippen molar-refractivity contribution in [2.24, 2.45) is 5.73 Å². The normalized spacial score (nSPS) is 10.7. The summed E-state index contributed by atoms with van der Waals surface area (Å²) in [4.78, 5) is 14.5. The fourth-order valence-corrected chi connectivity index (χ4v) is 1.34. The number of pyridine rings is 1. The van der Waals surface area contributed by atoms with Crippen LogP contribution < -0.4 is 5.73 Å². The monoisotopic (exact) mass is 248 g/mol. The molecule has 94 valence electrons. The van der Waals surface area contributed by atoms with Gasteiger partial charge in [-0.05, 0) is 18.6 Å². The van der Waals surface area contributed by atoms with E-state index in [4.69, 9.17) is 5.73 Å². The zero-order valence-electron chi connectivity index (χ0n) is 9.04. The molecule has 0 aliphatic heterocycles. The van der Waals surface area contributed by atoms with Crippen molar-refractivity contribution in [3.8, 4) is 0 Å². The second-order valence-corrected chi connectivity index (χ2v) is 3.09. The molecule has 17 heavy (non-hydrogen) atoms. The average molecular weight is 248 g/mol. The predicted octanol–water partition coefficient (Wildman–Crippen LogP) is 1.79. The first-order valence-corrected chi connectivity index (χ1v) is 4.85. The second-order valence-electron chi connectivity index (χ2n) is 3.09. The lowest BCUT2D eigenvalue weighted by Gasteiger charge is -2.11. The molecule has 0 aliphatic carbocycles. The van der Waals surface area contributed by atoms with Crippen LogP contribution in [0.4, 0.5) is 13.2 Å². The number of alkyl halides is 2. The Morgan fingerprint density at radius 1 is 1.59 bits per heavy atom. The van der Waals surface area contributed by atoms with Gasteiger partial charge in [-0.1, -0.05) is 0 Å². The number of rotatable bonds is 4. The molecule has 0 radical (unpaired) electrons. The number of hydrogen-bond acceptors (Lipinski definition) is 4. The molecule has 7 heteroatoms. The van der Waals surface area contributed by atoms with E-state index < -0.39 is 29.6 Å². The average Bonchev–Trinajstić information content (AvgIpc) is 2.27. The molecule has 0 spiro atoms. The summed E-state index contributed by atoms with van der Waals surface area (Å²) in [6.45, 7) is 1.17. The molecule has 1 aromatic rings. The highest BCUT2D eigenvalue weighted by atomic mass is 19.3. The maximum Gasteiger partial charge on any atom is 0.357 e. The number of nitrogens with two attached hydrogens (primary N) is 1. The molecule has 0 aromatic carbocycles. The van der Waals surface area contributed by atoms with E-state index in [-0.39, 0.29) is 18.7 Å². The van der Waals surface area contributed by atoms with E-state index >= 15 is 0 Å². The molecule has 0 saturated heterocycles. The number of hydrogen-bond donors (Lipinski definition) is 1. The minimum atomic E-state index is -2.97. The van der Waals surface area contributed by atoms with Gasteiger partial charge in [0.25, 0.3) is 6.43 Å². The lowest BCUT2D eigenvalue weighted by Crippen LogP contribution is -2.16. The van der Waals surface area contributed by atoms with Crippen LogP contribution in [0.2, 0.25) is 0 Å². The maximum atomic E-state index is 13.0. The third-order valence-electron chi connectivity index (χ3n) is 2.02. The molecule has 0 bridgehead atoms. The van der Waals surface area contributed by atoms with E-state index in [0.29, 0.717) is 0 Å². The summed E-state index contributed by atoms with van der Waals surface area (Å²) in [6.07, 6.45) is -2.97. The van der Waals surface area contributed by atoms with Gasteiger partial charge in [0.1, 0.15) is 0 Å². The van der Waals surface area contributed by atoms with Crippen molar-refractivity contribution in [2.45, 2.75) is 19.9 Å². The molecule has 1 rings (SSSR count). The van der Waals surface area contributed by atoms with E-state index in [1.165, 1.54) is 6.92 Å². The quantitative estimate of drug-likeness (QED) is 0.651. The molecule has 0 fully saturated rings. The maximum absolute atomic E-state index is 13.0. The Bertz CT molecular complexity index is 424. The third-order valence-corrected chi connectivity index (χ3v) is 2.02. The van der Waals surface area contributed by atoms with Gasteiger partial charge in [-0.25, -0.2) is 18.6 Å². The Hall–Kier alpha value is -1.63. The van der Waals surface area contributed by atoms with Crippen LogP contribution in [0, 0.1) is 5.95 Å². The SMILES string of the molecule is CCOC(=O)c1nc(F)cc(CN)c1C(F)F. The third kappa shape index (κ3) is 2.94. The van der Waals surface area contributed by atoms with Gasteiger partial charge in [0.2, 0.25) is 5.95 Å². The smallest absolute Gasteiger partial charge is 0.357 e. The number of ether oxygens (including phenoxy) is 1. The van der Waals surface area contributed by atoms with Crippen molar-refractivity contribution < 1.29 is 22.7 Å². The molecule has 4 nitrogen and oxygen atoms in total. The zero-order valence-corrected chi connectivity index (χ0v) is 9.04. The Labute approximate surface area is 95.6 Å². The molecule has 0 amide bonds. The van der Waals surface area contributed by atoms with Crippen molar-refractivity contribution in [1.29, 1.82) is 0 Å². The summed E-state index contributed by atoms with van der Waals surface area (Å²) in [7, 11) is 0. The van der Waals surface area contributed by atoms with Crippen LogP contribution in [0.5, 0.6) is 0 Å². The molecule has 0 saturated carbocycles. The van der Waals surface area contributed by atoms with Crippen LogP contribution in [0.3, 0.4) is 0 Å². The van der Waals surface area contributed by atoms with Crippen LogP contribution in [-0.4, -0.2) is 17.6 Å². The van der Waals surface area contributed by atoms with Crippen LogP contribution >= 0.6 is 0 Å². The van der Waals surface area contributed by atoms with E-state index in [9.17, 15) is 18.0 Å². The van der Waals surface area contributed by atoms with Crippen LogP contribution in [0.25, 0.3) is 0 Å². The lowest BCUT2D eigenvalue weighted by atomic mass is 10.1.